The van der Waals surface area contributed by atoms with Gasteiger partial charge in [0, 0.05) is 47.9 Å². The van der Waals surface area contributed by atoms with Crippen LogP contribution in [0.2, 0.25) is 0 Å². The van der Waals surface area contributed by atoms with E-state index in [0.717, 1.165) is 11.1 Å². The van der Waals surface area contributed by atoms with E-state index < -0.39 is 6.04 Å². The summed E-state index contributed by atoms with van der Waals surface area (Å²) >= 11 is 1.22. The number of carbonyl (C=O) groups excluding carboxylic acids is 1. The van der Waals surface area contributed by atoms with Crippen LogP contribution in [0, 0.1) is 6.92 Å². The lowest BCUT2D eigenvalue weighted by molar-refractivity contribution is 0.0968. The van der Waals surface area contributed by atoms with Crippen molar-refractivity contribution in [2.24, 2.45) is 0 Å². The molecule has 0 radical (unpaired) electrons. The molecule has 4 aromatic rings. The van der Waals surface area contributed by atoms with Crippen LogP contribution in [-0.2, 0) is 0 Å². The lowest BCUT2D eigenvalue weighted by Gasteiger charge is -2.20. The number of rotatable bonds is 12. The molecule has 0 amide bonds. The molecule has 0 bridgehead atoms. The summed E-state index contributed by atoms with van der Waals surface area (Å²) in [5, 5.41) is 14.1. The Morgan fingerprint density at radius 1 is 1.05 bits per heavy atom. The number of aliphatic hydroxyl groups excluding tert-OH is 1. The van der Waals surface area contributed by atoms with Gasteiger partial charge in [0.1, 0.15) is 17.5 Å². The van der Waals surface area contributed by atoms with E-state index >= 15 is 0 Å². The Labute approximate surface area is 219 Å². The second-order valence-corrected chi connectivity index (χ2v) is 8.82. The second kappa shape index (κ2) is 12.3. The van der Waals surface area contributed by atoms with Crippen molar-refractivity contribution in [2.75, 3.05) is 32.8 Å². The minimum absolute atomic E-state index is 0.0276. The molecule has 2 aromatic carbocycles. The molecule has 1 atom stereocenters. The van der Waals surface area contributed by atoms with E-state index in [9.17, 15) is 4.79 Å². The van der Waals surface area contributed by atoms with E-state index in [1.165, 1.54) is 31.0 Å². The maximum Gasteiger partial charge on any atom is 0.231 e. The molecule has 0 saturated carbocycles. The average Bonchev–Trinajstić information content (AvgIpc) is 3.42. The number of aromatic nitrogens is 3. The van der Waals surface area contributed by atoms with Crippen LogP contribution in [0.3, 0.4) is 0 Å². The molecule has 10 heteroatoms. The monoisotopic (exact) mass is 520 g/mol. The molecule has 0 fully saturated rings. The number of anilines is 1. The number of nitrogens with zero attached hydrogens (tertiary/aromatic N) is 3. The van der Waals surface area contributed by atoms with Crippen LogP contribution in [-0.4, -0.2) is 52.7 Å². The maximum absolute atomic E-state index is 14.0. The Morgan fingerprint density at radius 3 is 2.51 bits per heavy atom. The van der Waals surface area contributed by atoms with Gasteiger partial charge in [0.15, 0.2) is 5.78 Å². The summed E-state index contributed by atoms with van der Waals surface area (Å²) in [6.07, 6.45) is 3.48. The quantitative estimate of drug-likeness (QED) is 0.202. The minimum Gasteiger partial charge on any atom is -0.497 e. The molecule has 2 heterocycles. The summed E-state index contributed by atoms with van der Waals surface area (Å²) in [6.45, 7) is 2.38. The summed E-state index contributed by atoms with van der Waals surface area (Å²) in [5.41, 5.74) is 4.07. The summed E-state index contributed by atoms with van der Waals surface area (Å²) in [5.74, 6) is 1.22. The van der Waals surface area contributed by atoms with Crippen molar-refractivity contribution < 1.29 is 24.1 Å². The largest absolute Gasteiger partial charge is 0.497 e. The number of carbonyl (C=O) groups is 1. The summed E-state index contributed by atoms with van der Waals surface area (Å²) in [7, 11) is 3.06. The molecule has 2 N–H and O–H groups in total. The average molecular weight is 521 g/mol. The lowest BCUT2D eigenvalue weighted by atomic mass is 9.98. The van der Waals surface area contributed by atoms with E-state index in [1.54, 1.807) is 30.7 Å². The van der Waals surface area contributed by atoms with Crippen molar-refractivity contribution in [1.82, 2.24) is 14.3 Å². The number of ether oxygens (including phenoxy) is 3. The number of aliphatic hydroxyl groups is 1. The second-order valence-electron chi connectivity index (χ2n) is 8.19. The van der Waals surface area contributed by atoms with Gasteiger partial charge in [0.05, 0.1) is 50.2 Å². The van der Waals surface area contributed by atoms with Crippen LogP contribution >= 0.6 is 11.5 Å². The fraction of sp³-hybridized carbons (Fsp3) is 0.259. The lowest BCUT2D eigenvalue weighted by Crippen LogP contribution is -2.23. The van der Waals surface area contributed by atoms with E-state index in [4.69, 9.17) is 19.3 Å². The fourth-order valence-electron chi connectivity index (χ4n) is 3.62. The van der Waals surface area contributed by atoms with Gasteiger partial charge < -0.3 is 24.6 Å². The molecular formula is C27H28N4O5S. The van der Waals surface area contributed by atoms with Gasteiger partial charge in [-0.1, -0.05) is 29.8 Å². The van der Waals surface area contributed by atoms with Crippen molar-refractivity contribution in [1.29, 1.82) is 0 Å². The standard InChI is InChI=1S/C27H28N4O5S/c1-17-5-7-18(8-6-17)25-22(16-37-31-25)27(33)26(23-14-29-24(35-3)15-28-23)30-19-11-20(34-2)13-21(12-19)36-10-4-9-32/h5-8,11-16,26,30,32H,4,9-10H2,1-3H3. The van der Waals surface area contributed by atoms with Crippen LogP contribution < -0.4 is 19.5 Å². The first-order chi connectivity index (χ1) is 18.0. The Kier molecular flexibility index (Phi) is 8.65. The number of hydrogen-bond acceptors (Lipinski definition) is 10. The zero-order valence-corrected chi connectivity index (χ0v) is 21.6. The van der Waals surface area contributed by atoms with Gasteiger partial charge in [0.2, 0.25) is 5.88 Å². The van der Waals surface area contributed by atoms with Crippen molar-refractivity contribution in [2.45, 2.75) is 19.4 Å². The highest BCUT2D eigenvalue weighted by atomic mass is 32.1. The number of Topliss-reactive ketones (excluding diaryl/α,β-unsaturated/α-hetero) is 1. The third-order valence-electron chi connectivity index (χ3n) is 5.57. The third kappa shape index (κ3) is 6.41. The van der Waals surface area contributed by atoms with Crippen LogP contribution in [0.25, 0.3) is 11.3 Å². The van der Waals surface area contributed by atoms with Crippen LogP contribution in [0.15, 0.2) is 60.2 Å². The molecule has 0 aliphatic heterocycles. The van der Waals surface area contributed by atoms with Crippen molar-refractivity contribution in [3.63, 3.8) is 0 Å². The molecule has 9 nitrogen and oxygen atoms in total. The molecule has 4 rings (SSSR count). The van der Waals surface area contributed by atoms with Crippen molar-refractivity contribution >= 4 is 23.0 Å². The number of aryl methyl sites for hydroxylation is 1. The van der Waals surface area contributed by atoms with Crippen molar-refractivity contribution in [3.05, 3.63) is 77.1 Å². The molecule has 192 valence electrons. The van der Waals surface area contributed by atoms with Crippen LogP contribution in [0.4, 0.5) is 5.69 Å². The van der Waals surface area contributed by atoms with E-state index in [0.29, 0.717) is 53.0 Å². The van der Waals surface area contributed by atoms with Gasteiger partial charge in [-0.25, -0.2) is 4.98 Å². The highest BCUT2D eigenvalue weighted by molar-refractivity contribution is 7.04. The number of benzene rings is 2. The van der Waals surface area contributed by atoms with Crippen LogP contribution in [0.5, 0.6) is 17.4 Å². The number of hydrogen-bond donors (Lipinski definition) is 2. The van der Waals surface area contributed by atoms with Crippen molar-refractivity contribution in [3.8, 4) is 28.6 Å². The number of nitrogens with one attached hydrogen (secondary N) is 1. The molecule has 0 spiro atoms. The van der Waals surface area contributed by atoms with E-state index in [1.807, 2.05) is 31.2 Å². The van der Waals surface area contributed by atoms with Gasteiger partial charge in [-0.15, -0.1) is 0 Å². The first-order valence-corrected chi connectivity index (χ1v) is 12.5. The first kappa shape index (κ1) is 26.1. The SMILES string of the molecule is COc1cc(NC(C(=O)c2csnc2-c2ccc(C)cc2)c2cnc(OC)cn2)cc(OCCCO)c1. The zero-order valence-electron chi connectivity index (χ0n) is 20.8. The van der Waals surface area contributed by atoms with Gasteiger partial charge in [-0.3, -0.25) is 9.78 Å². The predicted molar refractivity (Wildman–Crippen MR) is 142 cm³/mol. The predicted octanol–water partition coefficient (Wildman–Crippen LogP) is 4.72. The van der Waals surface area contributed by atoms with Gasteiger partial charge in [-0.2, -0.15) is 4.37 Å². The zero-order chi connectivity index (χ0) is 26.2. The summed E-state index contributed by atoms with van der Waals surface area (Å²) in [4.78, 5) is 22.7. The van der Waals surface area contributed by atoms with Gasteiger partial charge in [-0.05, 0) is 18.5 Å². The minimum atomic E-state index is -0.878. The molecule has 0 aliphatic carbocycles. The van der Waals surface area contributed by atoms with Gasteiger partial charge in [0.25, 0.3) is 0 Å². The molecule has 2 aromatic heterocycles. The first-order valence-electron chi connectivity index (χ1n) is 11.6. The molecule has 0 aliphatic rings. The Balaban J connectivity index is 1.71. The smallest absolute Gasteiger partial charge is 0.231 e. The Morgan fingerprint density at radius 2 is 1.84 bits per heavy atom. The number of methoxy groups -OCH3 is 2. The fourth-order valence-corrected chi connectivity index (χ4v) is 4.31. The topological polar surface area (TPSA) is 116 Å². The Hall–Kier alpha value is -4.02. The summed E-state index contributed by atoms with van der Waals surface area (Å²) in [6, 6.07) is 12.3. The van der Waals surface area contributed by atoms with E-state index in [2.05, 4.69) is 19.7 Å². The maximum atomic E-state index is 14.0. The third-order valence-corrected chi connectivity index (χ3v) is 6.20. The highest BCUT2D eigenvalue weighted by Crippen LogP contribution is 2.33. The molecular weight excluding hydrogens is 492 g/mol. The highest BCUT2D eigenvalue weighted by Gasteiger charge is 2.28. The molecule has 1 unspecified atom stereocenters. The Bertz CT molecular complexity index is 1330. The van der Waals surface area contributed by atoms with Crippen LogP contribution in [0.1, 0.15) is 34.1 Å². The van der Waals surface area contributed by atoms with Gasteiger partial charge >= 0.3 is 0 Å². The number of ketones is 1. The summed E-state index contributed by atoms with van der Waals surface area (Å²) < 4.78 is 20.8. The normalized spacial score (nSPS) is 11.6. The molecule has 37 heavy (non-hydrogen) atoms. The van der Waals surface area contributed by atoms with E-state index in [-0.39, 0.29) is 12.4 Å². The molecule has 0 saturated heterocycles.